The number of nitriles is 1. The predicted octanol–water partition coefficient (Wildman–Crippen LogP) is 2.63. The highest BCUT2D eigenvalue weighted by Gasteiger charge is 2.24. The molecular weight excluding hydrogens is 300 g/mol. The Kier molecular flexibility index (Phi) is 4.14. The van der Waals surface area contributed by atoms with Crippen molar-refractivity contribution < 1.29 is 12.8 Å². The second-order valence-corrected chi connectivity index (χ2v) is 6.57. The van der Waals surface area contributed by atoms with Gasteiger partial charge in [-0.1, -0.05) is 11.6 Å². The molecule has 0 radical (unpaired) electrons. The SMILES string of the molecule is CN(Cc1ccoc1)S(=O)(=O)c1cc(C#N)ccc1Cl. The molecule has 0 spiro atoms. The highest BCUT2D eigenvalue weighted by molar-refractivity contribution is 7.89. The largest absolute Gasteiger partial charge is 0.472 e. The monoisotopic (exact) mass is 310 g/mol. The standard InChI is InChI=1S/C13H11ClN2O3S/c1-16(8-11-4-5-19-9-11)20(17,18)13-6-10(7-15)2-3-12(13)14/h2-6,9H,8H2,1H3. The number of benzene rings is 1. The van der Waals surface area contributed by atoms with Crippen LogP contribution in [-0.2, 0) is 16.6 Å². The van der Waals surface area contributed by atoms with Crippen LogP contribution in [-0.4, -0.2) is 19.8 Å². The van der Waals surface area contributed by atoms with E-state index in [2.05, 4.69) is 0 Å². The zero-order valence-corrected chi connectivity index (χ0v) is 12.1. The van der Waals surface area contributed by atoms with Crippen molar-refractivity contribution >= 4 is 21.6 Å². The van der Waals surface area contributed by atoms with Crippen LogP contribution in [0.25, 0.3) is 0 Å². The molecule has 1 aromatic carbocycles. The summed E-state index contributed by atoms with van der Waals surface area (Å²) in [7, 11) is -2.33. The Morgan fingerprint density at radius 2 is 2.15 bits per heavy atom. The van der Waals surface area contributed by atoms with Crippen LogP contribution in [0.2, 0.25) is 5.02 Å². The molecular formula is C13H11ClN2O3S. The molecule has 2 rings (SSSR count). The number of halogens is 1. The van der Waals surface area contributed by atoms with Crippen LogP contribution in [0.4, 0.5) is 0 Å². The van der Waals surface area contributed by atoms with Gasteiger partial charge in [-0.05, 0) is 24.3 Å². The molecule has 0 saturated carbocycles. The van der Waals surface area contributed by atoms with Gasteiger partial charge in [0.15, 0.2) is 0 Å². The van der Waals surface area contributed by atoms with E-state index in [4.69, 9.17) is 21.3 Å². The third-order valence-electron chi connectivity index (χ3n) is 2.73. The molecule has 104 valence electrons. The van der Waals surface area contributed by atoms with Crippen LogP contribution >= 0.6 is 11.6 Å². The Hall–Kier alpha value is -1.81. The summed E-state index contributed by atoms with van der Waals surface area (Å²) in [5.41, 5.74) is 0.966. The average molecular weight is 311 g/mol. The predicted molar refractivity (Wildman–Crippen MR) is 73.5 cm³/mol. The molecule has 0 bridgehead atoms. The summed E-state index contributed by atoms with van der Waals surface area (Å²) in [6.07, 6.45) is 2.94. The van der Waals surface area contributed by atoms with Crippen LogP contribution in [0.15, 0.2) is 46.1 Å². The van der Waals surface area contributed by atoms with Crippen molar-refractivity contribution in [1.82, 2.24) is 4.31 Å². The third kappa shape index (κ3) is 2.85. The summed E-state index contributed by atoms with van der Waals surface area (Å²) in [5, 5.41) is 8.94. The van der Waals surface area contributed by atoms with Gasteiger partial charge < -0.3 is 4.42 Å². The second-order valence-electron chi connectivity index (χ2n) is 4.15. The minimum absolute atomic E-state index is 0.0794. The summed E-state index contributed by atoms with van der Waals surface area (Å²) >= 11 is 5.93. The van der Waals surface area contributed by atoms with Crippen LogP contribution in [0.1, 0.15) is 11.1 Å². The number of hydrogen-bond donors (Lipinski definition) is 0. The first-order chi connectivity index (χ1) is 9.45. The van der Waals surface area contributed by atoms with Crippen molar-refractivity contribution in [2.45, 2.75) is 11.4 Å². The first kappa shape index (κ1) is 14.6. The summed E-state index contributed by atoms with van der Waals surface area (Å²) in [6.45, 7) is 0.159. The van der Waals surface area contributed by atoms with E-state index in [-0.39, 0.29) is 22.0 Å². The van der Waals surface area contributed by atoms with Gasteiger partial charge in [-0.2, -0.15) is 9.57 Å². The van der Waals surface area contributed by atoms with E-state index >= 15 is 0 Å². The van der Waals surface area contributed by atoms with E-state index < -0.39 is 10.0 Å². The fourth-order valence-electron chi connectivity index (χ4n) is 1.66. The smallest absolute Gasteiger partial charge is 0.244 e. The van der Waals surface area contributed by atoms with Crippen molar-refractivity contribution in [3.63, 3.8) is 0 Å². The molecule has 0 atom stereocenters. The fourth-order valence-corrected chi connectivity index (χ4v) is 3.32. The Balaban J connectivity index is 2.37. The minimum Gasteiger partial charge on any atom is -0.472 e. The number of rotatable bonds is 4. The van der Waals surface area contributed by atoms with Gasteiger partial charge in [-0.15, -0.1) is 0 Å². The Labute approximate surface area is 122 Å². The molecule has 0 fully saturated rings. The lowest BCUT2D eigenvalue weighted by Gasteiger charge is -2.17. The lowest BCUT2D eigenvalue weighted by atomic mass is 10.2. The van der Waals surface area contributed by atoms with Gasteiger partial charge in [-0.3, -0.25) is 0 Å². The molecule has 1 aromatic heterocycles. The summed E-state index contributed by atoms with van der Waals surface area (Å²) < 4.78 is 31.0. The third-order valence-corrected chi connectivity index (χ3v) is 5.02. The van der Waals surface area contributed by atoms with Crippen molar-refractivity contribution in [2.75, 3.05) is 7.05 Å². The van der Waals surface area contributed by atoms with Gasteiger partial charge in [0.05, 0.1) is 29.2 Å². The van der Waals surface area contributed by atoms with Crippen LogP contribution < -0.4 is 0 Å². The van der Waals surface area contributed by atoms with Crippen molar-refractivity contribution in [2.24, 2.45) is 0 Å². The number of furan rings is 1. The maximum atomic E-state index is 12.4. The normalized spacial score (nSPS) is 11.5. The maximum Gasteiger partial charge on any atom is 0.244 e. The van der Waals surface area contributed by atoms with Crippen LogP contribution in [0, 0.1) is 11.3 Å². The molecule has 5 nitrogen and oxygen atoms in total. The molecule has 0 unspecified atom stereocenters. The molecule has 0 aliphatic carbocycles. The molecule has 0 saturated heterocycles. The second kappa shape index (κ2) is 5.67. The molecule has 0 amide bonds. The lowest BCUT2D eigenvalue weighted by Crippen LogP contribution is -2.26. The van der Waals surface area contributed by atoms with E-state index in [0.717, 1.165) is 9.87 Å². The number of hydrogen-bond acceptors (Lipinski definition) is 4. The van der Waals surface area contributed by atoms with Gasteiger partial charge >= 0.3 is 0 Å². The first-order valence-electron chi connectivity index (χ1n) is 5.62. The fraction of sp³-hybridized carbons (Fsp3) is 0.154. The molecule has 1 heterocycles. The average Bonchev–Trinajstić information content (AvgIpc) is 2.92. The van der Waals surface area contributed by atoms with E-state index in [1.165, 1.54) is 37.8 Å². The topological polar surface area (TPSA) is 74.3 Å². The van der Waals surface area contributed by atoms with E-state index in [1.807, 2.05) is 6.07 Å². The number of nitrogens with zero attached hydrogens (tertiary/aromatic N) is 2. The van der Waals surface area contributed by atoms with Crippen molar-refractivity contribution in [1.29, 1.82) is 5.26 Å². The van der Waals surface area contributed by atoms with Crippen molar-refractivity contribution in [3.8, 4) is 6.07 Å². The van der Waals surface area contributed by atoms with Gasteiger partial charge in [0.2, 0.25) is 10.0 Å². The van der Waals surface area contributed by atoms with E-state index in [9.17, 15) is 8.42 Å². The molecule has 2 aromatic rings. The molecule has 0 N–H and O–H groups in total. The number of sulfonamides is 1. The van der Waals surface area contributed by atoms with Crippen LogP contribution in [0.3, 0.4) is 0 Å². The Morgan fingerprint density at radius 1 is 1.40 bits per heavy atom. The highest BCUT2D eigenvalue weighted by Crippen LogP contribution is 2.26. The van der Waals surface area contributed by atoms with Gasteiger partial charge in [0.25, 0.3) is 0 Å². The highest BCUT2D eigenvalue weighted by atomic mass is 35.5. The van der Waals surface area contributed by atoms with E-state index in [1.54, 1.807) is 6.07 Å². The molecule has 7 heteroatoms. The zero-order valence-electron chi connectivity index (χ0n) is 10.6. The quantitative estimate of drug-likeness (QED) is 0.870. The van der Waals surface area contributed by atoms with Gasteiger partial charge in [0, 0.05) is 19.2 Å². The van der Waals surface area contributed by atoms with Crippen molar-refractivity contribution in [3.05, 3.63) is 52.9 Å². The Morgan fingerprint density at radius 3 is 2.75 bits per heavy atom. The summed E-state index contributed by atoms with van der Waals surface area (Å²) in [6, 6.07) is 7.71. The van der Waals surface area contributed by atoms with E-state index in [0.29, 0.717) is 0 Å². The minimum atomic E-state index is -3.77. The molecule has 0 aliphatic rings. The van der Waals surface area contributed by atoms with Gasteiger partial charge in [-0.25, -0.2) is 8.42 Å². The van der Waals surface area contributed by atoms with Gasteiger partial charge in [0.1, 0.15) is 4.90 Å². The summed E-state index contributed by atoms with van der Waals surface area (Å²) in [4.78, 5) is -0.0794. The van der Waals surface area contributed by atoms with Crippen LogP contribution in [0.5, 0.6) is 0 Å². The zero-order chi connectivity index (χ0) is 14.8. The molecule has 0 aliphatic heterocycles. The summed E-state index contributed by atoms with van der Waals surface area (Å²) in [5.74, 6) is 0. The molecule has 20 heavy (non-hydrogen) atoms. The first-order valence-corrected chi connectivity index (χ1v) is 7.44. The Bertz CT molecular complexity index is 748. The maximum absolute atomic E-state index is 12.4. The lowest BCUT2D eigenvalue weighted by molar-refractivity contribution is 0.463.